The highest BCUT2D eigenvalue weighted by Crippen LogP contribution is 2.47. The molecule has 3 aliphatic carbocycles. The van der Waals surface area contributed by atoms with Gasteiger partial charge in [0, 0.05) is 37.1 Å². The number of hydrogen-bond acceptors (Lipinski definition) is 7. The molecule has 2 fully saturated rings. The number of benzene rings is 2. The molecule has 5 aliphatic rings. The molecular weight excluding hydrogens is 650 g/mol. The maximum absolute atomic E-state index is 14.9. The second-order valence-corrected chi connectivity index (χ2v) is 17.1. The molecule has 1 spiro atoms. The van der Waals surface area contributed by atoms with E-state index in [1.54, 1.807) is 27.0 Å². The van der Waals surface area contributed by atoms with Gasteiger partial charge in [-0.3, -0.25) is 14.3 Å². The summed E-state index contributed by atoms with van der Waals surface area (Å²) in [6.45, 7) is 5.31. The lowest BCUT2D eigenvalue weighted by Gasteiger charge is -2.46. The minimum absolute atomic E-state index is 0.0929. The van der Waals surface area contributed by atoms with E-state index in [1.165, 1.54) is 11.1 Å². The predicted octanol–water partition coefficient (Wildman–Crippen LogP) is 6.40. The minimum atomic E-state index is -3.72. The number of amides is 2. The SMILES string of the molecule is CO[C@H]1C=CCOC(C)(C)C(=O)N=S(=O)(NC(=O)CC2CC2)c2ccc3c(c2)N(C[C@@H]2CC[C@H]21)C[C@@]1(CCCc2cc(Cl)ccc21)CO3. The van der Waals surface area contributed by atoms with Crippen molar-refractivity contribution in [1.82, 2.24) is 4.72 Å². The van der Waals surface area contributed by atoms with Crippen LogP contribution in [0, 0.1) is 17.8 Å². The van der Waals surface area contributed by atoms with Crippen LogP contribution in [0.1, 0.15) is 69.9 Å². The highest BCUT2D eigenvalue weighted by atomic mass is 35.5. The maximum Gasteiger partial charge on any atom is 0.287 e. The van der Waals surface area contributed by atoms with Crippen molar-refractivity contribution in [3.63, 3.8) is 0 Å². The molecule has 2 aromatic carbocycles. The van der Waals surface area contributed by atoms with Crippen LogP contribution in [0.2, 0.25) is 5.02 Å². The molecule has 2 amide bonds. The van der Waals surface area contributed by atoms with Gasteiger partial charge in [-0.1, -0.05) is 29.8 Å². The molecule has 2 aliphatic heterocycles. The fraction of sp³-hybridized carbons (Fsp3) is 0.568. The molecule has 0 saturated heterocycles. The van der Waals surface area contributed by atoms with Crippen molar-refractivity contribution >= 4 is 39.0 Å². The summed E-state index contributed by atoms with van der Waals surface area (Å²) in [7, 11) is -1.98. The van der Waals surface area contributed by atoms with E-state index in [2.05, 4.69) is 26.1 Å². The van der Waals surface area contributed by atoms with Gasteiger partial charge in [-0.05, 0) is 118 Å². The van der Waals surface area contributed by atoms with E-state index >= 15 is 0 Å². The van der Waals surface area contributed by atoms with Crippen molar-refractivity contribution in [3.05, 3.63) is 64.7 Å². The summed E-state index contributed by atoms with van der Waals surface area (Å²) in [5, 5.41) is 0.736. The number of ether oxygens (including phenoxy) is 3. The number of fused-ring (bicyclic) bond motifs is 4. The summed E-state index contributed by atoms with van der Waals surface area (Å²) >= 11 is 6.46. The number of hydrogen-bond donors (Lipinski definition) is 1. The van der Waals surface area contributed by atoms with Crippen molar-refractivity contribution < 1.29 is 28.0 Å². The van der Waals surface area contributed by atoms with Gasteiger partial charge in [0.2, 0.25) is 5.91 Å². The van der Waals surface area contributed by atoms with Gasteiger partial charge in [-0.15, -0.1) is 4.36 Å². The van der Waals surface area contributed by atoms with Crippen molar-refractivity contribution in [2.45, 2.75) is 87.2 Å². The molecule has 5 atom stereocenters. The molecule has 2 aromatic rings. The van der Waals surface area contributed by atoms with Crippen LogP contribution >= 0.6 is 11.6 Å². The summed E-state index contributed by atoms with van der Waals surface area (Å²) in [5.41, 5.74) is 1.65. The van der Waals surface area contributed by atoms with E-state index < -0.39 is 21.4 Å². The normalized spacial score (nSPS) is 31.4. The summed E-state index contributed by atoms with van der Waals surface area (Å²) in [5.74, 6) is 0.516. The molecule has 11 heteroatoms. The van der Waals surface area contributed by atoms with E-state index in [-0.39, 0.29) is 41.3 Å². The Morgan fingerprint density at radius 2 is 2.00 bits per heavy atom. The lowest BCUT2D eigenvalue weighted by molar-refractivity contribution is -0.137. The Morgan fingerprint density at radius 1 is 1.17 bits per heavy atom. The summed E-state index contributed by atoms with van der Waals surface area (Å²) < 4.78 is 40.4. The number of anilines is 1. The monoisotopic (exact) mass is 695 g/mol. The van der Waals surface area contributed by atoms with E-state index in [1.807, 2.05) is 30.4 Å². The first kappa shape index (κ1) is 33.6. The molecular formula is C37H46ClN3O6S. The quantitative estimate of drug-likeness (QED) is 0.369. The number of halogens is 1. The molecule has 1 N–H and O–H groups in total. The molecule has 48 heavy (non-hydrogen) atoms. The Balaban J connectivity index is 1.35. The molecule has 2 saturated carbocycles. The first-order chi connectivity index (χ1) is 23.0. The Labute approximate surface area is 289 Å². The highest BCUT2D eigenvalue weighted by molar-refractivity contribution is 7.92. The lowest BCUT2D eigenvalue weighted by Crippen LogP contribution is -2.49. The van der Waals surface area contributed by atoms with Crippen LogP contribution in [-0.4, -0.2) is 61.1 Å². The van der Waals surface area contributed by atoms with Gasteiger partial charge in [0.1, 0.15) is 11.4 Å². The van der Waals surface area contributed by atoms with E-state index in [0.717, 1.165) is 62.2 Å². The van der Waals surface area contributed by atoms with E-state index in [9.17, 15) is 13.8 Å². The Bertz CT molecular complexity index is 1750. The number of nitrogens with zero attached hydrogens (tertiary/aromatic N) is 2. The molecule has 9 nitrogen and oxygen atoms in total. The lowest BCUT2D eigenvalue weighted by atomic mass is 9.68. The van der Waals surface area contributed by atoms with E-state index in [4.69, 9.17) is 25.8 Å². The first-order valence-electron chi connectivity index (χ1n) is 17.2. The van der Waals surface area contributed by atoms with Gasteiger partial charge < -0.3 is 19.1 Å². The minimum Gasteiger partial charge on any atom is -0.490 e. The maximum atomic E-state index is 14.9. The van der Waals surface area contributed by atoms with Crippen molar-refractivity contribution in [3.8, 4) is 5.75 Å². The topological polar surface area (TPSA) is 107 Å². The number of nitrogens with one attached hydrogen (secondary N) is 1. The number of rotatable bonds is 4. The van der Waals surface area contributed by atoms with Crippen LogP contribution in [0.5, 0.6) is 5.75 Å². The summed E-state index contributed by atoms with van der Waals surface area (Å²) in [6.07, 6.45) is 11.1. The fourth-order valence-corrected chi connectivity index (χ4v) is 9.68. The van der Waals surface area contributed by atoms with Gasteiger partial charge in [0.05, 0.1) is 29.9 Å². The smallest absolute Gasteiger partial charge is 0.287 e. The predicted molar refractivity (Wildman–Crippen MR) is 186 cm³/mol. The molecule has 0 radical (unpaired) electrons. The van der Waals surface area contributed by atoms with Crippen molar-refractivity contribution in [2.75, 3.05) is 38.3 Å². The van der Waals surface area contributed by atoms with Crippen LogP contribution in [0.4, 0.5) is 5.69 Å². The van der Waals surface area contributed by atoms with Gasteiger partial charge >= 0.3 is 0 Å². The molecule has 2 bridgehead atoms. The van der Waals surface area contributed by atoms with Crippen LogP contribution < -0.4 is 14.4 Å². The number of aryl methyl sites for hydroxylation is 1. The molecule has 0 aromatic heterocycles. The third kappa shape index (κ3) is 6.65. The number of carbonyl (C=O) groups is 2. The van der Waals surface area contributed by atoms with Gasteiger partial charge in [-0.2, -0.15) is 0 Å². The zero-order valence-corrected chi connectivity index (χ0v) is 29.6. The zero-order valence-electron chi connectivity index (χ0n) is 28.0. The summed E-state index contributed by atoms with van der Waals surface area (Å²) in [6, 6.07) is 11.5. The van der Waals surface area contributed by atoms with Crippen LogP contribution in [0.25, 0.3) is 0 Å². The van der Waals surface area contributed by atoms with Crippen LogP contribution in [-0.2, 0) is 40.8 Å². The van der Waals surface area contributed by atoms with Gasteiger partial charge in [0.25, 0.3) is 5.91 Å². The Hall–Kier alpha value is -2.92. The Morgan fingerprint density at radius 3 is 2.75 bits per heavy atom. The number of carbonyl (C=O) groups excluding carboxylic acids is 2. The van der Waals surface area contributed by atoms with Gasteiger partial charge in [-0.25, -0.2) is 4.21 Å². The summed E-state index contributed by atoms with van der Waals surface area (Å²) in [4.78, 5) is 29.5. The standard InChI is InChI=1S/C37H46ClN3O6S/c1-36(2)35(43)40-48(44,39-34(42)18-24-8-9-24)28-12-15-33-31(20-28)41(21-26-10-13-29(26)32(45-3)7-5-17-47-36)22-37(23-46-33)16-4-6-25-19-27(38)11-14-30(25)37/h5,7,11-12,14-15,19-20,24,26,29,32H,4,6,8-10,13,16-18,21-23H2,1-3H3,(H,39,40,42,43,44)/t26-,29+,32-,37-,48?/m0/s1. The average Bonchev–Trinajstić information content (AvgIpc) is 3.87. The third-order valence-electron chi connectivity index (χ3n) is 11.0. The van der Waals surface area contributed by atoms with Crippen molar-refractivity contribution in [1.29, 1.82) is 0 Å². The third-order valence-corrected chi connectivity index (χ3v) is 13.0. The second-order valence-electron chi connectivity index (χ2n) is 14.8. The first-order valence-corrected chi connectivity index (χ1v) is 19.1. The fourth-order valence-electron chi connectivity index (χ4n) is 7.85. The molecule has 1 unspecified atom stereocenters. The Kier molecular flexibility index (Phi) is 9.15. The van der Waals surface area contributed by atoms with Crippen LogP contribution in [0.15, 0.2) is 57.8 Å². The van der Waals surface area contributed by atoms with Crippen LogP contribution in [0.3, 0.4) is 0 Å². The zero-order chi connectivity index (χ0) is 33.7. The molecule has 7 rings (SSSR count). The highest BCUT2D eigenvalue weighted by Gasteiger charge is 2.45. The molecule has 2 heterocycles. The average molecular weight is 696 g/mol. The largest absolute Gasteiger partial charge is 0.490 e. The second kappa shape index (κ2) is 13.1. The molecule has 258 valence electrons. The van der Waals surface area contributed by atoms with Crippen molar-refractivity contribution in [2.24, 2.45) is 22.1 Å². The van der Waals surface area contributed by atoms with E-state index in [0.29, 0.717) is 30.7 Å². The number of methoxy groups -OCH3 is 1. The van der Waals surface area contributed by atoms with Gasteiger partial charge in [0.15, 0.2) is 9.92 Å².